The largest absolute Gasteiger partial charge is 0.416 e. The van der Waals surface area contributed by atoms with E-state index in [1.54, 1.807) is 18.2 Å². The predicted molar refractivity (Wildman–Crippen MR) is 139 cm³/mol. The van der Waals surface area contributed by atoms with Crippen molar-refractivity contribution in [2.24, 2.45) is 5.92 Å². The zero-order valence-corrected chi connectivity index (χ0v) is 21.6. The second-order valence-electron chi connectivity index (χ2n) is 9.80. The third-order valence-corrected chi connectivity index (χ3v) is 7.08. The van der Waals surface area contributed by atoms with Crippen LogP contribution in [0.3, 0.4) is 0 Å². The first-order valence-electron chi connectivity index (χ1n) is 12.5. The number of aliphatic hydroxyl groups excluding tert-OH is 1. The average Bonchev–Trinajstić information content (AvgIpc) is 3.22. The Morgan fingerprint density at radius 3 is 1.95 bits per heavy atom. The molecule has 4 atom stereocenters. The molecule has 9 nitrogen and oxygen atoms in total. The highest BCUT2D eigenvalue weighted by atomic mass is 19.4. The van der Waals surface area contributed by atoms with Crippen LogP contribution in [-0.2, 0) is 21.9 Å². The van der Waals surface area contributed by atoms with Gasteiger partial charge in [-0.05, 0) is 48.0 Å². The highest BCUT2D eigenvalue weighted by Crippen LogP contribution is 2.41. The molecule has 0 spiro atoms. The van der Waals surface area contributed by atoms with Gasteiger partial charge in [-0.2, -0.15) is 26.3 Å². The topological polar surface area (TPSA) is 116 Å². The van der Waals surface area contributed by atoms with Crippen molar-refractivity contribution in [1.29, 1.82) is 0 Å². The maximum Gasteiger partial charge on any atom is 0.416 e. The van der Waals surface area contributed by atoms with Gasteiger partial charge in [0.1, 0.15) is 6.04 Å². The fraction of sp³-hybridized carbons (Fsp3) is 0.214. The Balaban J connectivity index is 1.59. The van der Waals surface area contributed by atoms with E-state index in [1.165, 1.54) is 36.4 Å². The Morgan fingerprint density at radius 1 is 0.837 bits per heavy atom. The van der Waals surface area contributed by atoms with Gasteiger partial charge in [0, 0.05) is 17.8 Å². The van der Waals surface area contributed by atoms with E-state index in [9.17, 15) is 51.2 Å². The minimum atomic E-state index is -5.18. The summed E-state index contributed by atoms with van der Waals surface area (Å²) in [7, 11) is 0. The van der Waals surface area contributed by atoms with Crippen LogP contribution >= 0.6 is 0 Å². The first-order valence-corrected chi connectivity index (χ1v) is 12.5. The monoisotopic (exact) mass is 606 g/mol. The summed E-state index contributed by atoms with van der Waals surface area (Å²) in [5, 5.41) is 23.4. The van der Waals surface area contributed by atoms with E-state index >= 15 is 0 Å². The van der Waals surface area contributed by atoms with Crippen molar-refractivity contribution in [1.82, 2.24) is 5.01 Å². The predicted octanol–water partition coefficient (Wildman–Crippen LogP) is 5.49. The number of hydrogen-bond acceptors (Lipinski definition) is 7. The van der Waals surface area contributed by atoms with Crippen LogP contribution in [0.4, 0.5) is 43.4 Å². The molecule has 15 heteroatoms. The molecule has 4 unspecified atom stereocenters. The van der Waals surface area contributed by atoms with E-state index in [0.717, 1.165) is 22.0 Å². The molecule has 43 heavy (non-hydrogen) atoms. The third kappa shape index (κ3) is 5.68. The summed E-state index contributed by atoms with van der Waals surface area (Å²) in [6, 6.07) is 10.3. The average molecular weight is 606 g/mol. The normalized spacial score (nSPS) is 21.6. The summed E-state index contributed by atoms with van der Waals surface area (Å²) in [6.45, 7) is 0. The standard InChI is InChI=1S/C28H20F6N4O5/c29-27(30,31)16-12-15(13-17(14-16)28(32,33)34)24(39)22-11-10-21-23(26(41)36(25(21)40)19-4-2-1-3-5-19)37(22)35-18-6-8-20(9-7-18)38(42)43/h1-14,21-24,35,39H. The van der Waals surface area contributed by atoms with Crippen molar-refractivity contribution in [3.05, 3.63) is 112 Å². The molecule has 1 saturated heterocycles. The summed E-state index contributed by atoms with van der Waals surface area (Å²) < 4.78 is 81.3. The number of carbonyl (C=O) groups is 2. The molecule has 3 aromatic carbocycles. The number of fused-ring (bicyclic) bond motifs is 1. The molecule has 224 valence electrons. The maximum absolute atomic E-state index is 13.7. The van der Waals surface area contributed by atoms with Crippen LogP contribution in [0.25, 0.3) is 0 Å². The molecular formula is C28H20F6N4O5. The molecule has 2 aliphatic rings. The molecule has 2 aliphatic heterocycles. The van der Waals surface area contributed by atoms with Crippen molar-refractivity contribution in [2.75, 3.05) is 10.3 Å². The SMILES string of the molecule is O=C1C2C=CC(C(O)c3cc(C(F)(F)F)cc(C(F)(F)F)c3)N(Nc3ccc([N+](=O)[O-])cc3)C2C(=O)N1c1ccccc1. The number of halogens is 6. The lowest BCUT2D eigenvalue weighted by Gasteiger charge is -2.40. The molecule has 0 bridgehead atoms. The van der Waals surface area contributed by atoms with Crippen molar-refractivity contribution in [3.63, 3.8) is 0 Å². The van der Waals surface area contributed by atoms with Gasteiger partial charge in [0.2, 0.25) is 5.91 Å². The summed E-state index contributed by atoms with van der Waals surface area (Å²) in [4.78, 5) is 38.3. The second kappa shape index (κ2) is 10.8. The second-order valence-corrected chi connectivity index (χ2v) is 9.80. The molecule has 0 saturated carbocycles. The molecule has 3 aromatic rings. The fourth-order valence-electron chi connectivity index (χ4n) is 5.06. The smallest absolute Gasteiger partial charge is 0.386 e. The van der Waals surface area contributed by atoms with Gasteiger partial charge < -0.3 is 10.5 Å². The molecule has 2 amide bonds. The number of nitrogens with one attached hydrogen (secondary N) is 1. The van der Waals surface area contributed by atoms with E-state index in [0.29, 0.717) is 12.1 Å². The number of nitrogens with zero attached hydrogens (tertiary/aromatic N) is 3. The minimum absolute atomic E-state index is 0.0766. The summed E-state index contributed by atoms with van der Waals surface area (Å²) in [6.07, 6.45) is -9.95. The zero-order chi connectivity index (χ0) is 31.3. The number of rotatable bonds is 6. The van der Waals surface area contributed by atoms with Crippen molar-refractivity contribution < 1.29 is 46.0 Å². The van der Waals surface area contributed by atoms with E-state index < -0.39 is 69.9 Å². The van der Waals surface area contributed by atoms with Crippen LogP contribution in [0.5, 0.6) is 0 Å². The number of carbonyl (C=O) groups excluding carboxylic acids is 2. The number of hydrogen-bond donors (Lipinski definition) is 2. The molecule has 2 heterocycles. The van der Waals surface area contributed by atoms with E-state index in [1.807, 2.05) is 0 Å². The van der Waals surface area contributed by atoms with E-state index in [2.05, 4.69) is 5.43 Å². The number of amides is 2. The van der Waals surface area contributed by atoms with Gasteiger partial charge >= 0.3 is 12.4 Å². The summed E-state index contributed by atoms with van der Waals surface area (Å²) in [5.41, 5.74) is -1.20. The minimum Gasteiger partial charge on any atom is -0.386 e. The third-order valence-electron chi connectivity index (χ3n) is 7.08. The molecule has 0 radical (unpaired) electrons. The van der Waals surface area contributed by atoms with Crippen LogP contribution in [0.1, 0.15) is 22.8 Å². The lowest BCUT2D eigenvalue weighted by Crippen LogP contribution is -2.55. The Hall–Kier alpha value is -4.76. The molecule has 5 rings (SSSR count). The van der Waals surface area contributed by atoms with Gasteiger partial charge in [-0.3, -0.25) is 19.7 Å². The van der Waals surface area contributed by atoms with Crippen LogP contribution in [0.15, 0.2) is 84.9 Å². The highest BCUT2D eigenvalue weighted by molar-refractivity contribution is 6.24. The Labute approximate surface area is 238 Å². The summed E-state index contributed by atoms with van der Waals surface area (Å²) in [5.74, 6) is -2.58. The van der Waals surface area contributed by atoms with Gasteiger partial charge in [-0.1, -0.05) is 30.4 Å². The molecular weight excluding hydrogens is 586 g/mol. The Morgan fingerprint density at radius 2 is 1.42 bits per heavy atom. The van der Waals surface area contributed by atoms with Crippen LogP contribution < -0.4 is 10.3 Å². The Bertz CT molecular complexity index is 1560. The quantitative estimate of drug-likeness (QED) is 0.125. The number of nitro groups is 1. The number of anilines is 2. The summed E-state index contributed by atoms with van der Waals surface area (Å²) >= 11 is 0. The lowest BCUT2D eigenvalue weighted by atomic mass is 9.89. The number of alkyl halides is 6. The highest BCUT2D eigenvalue weighted by Gasteiger charge is 2.54. The number of para-hydroxylation sites is 1. The van der Waals surface area contributed by atoms with Gasteiger partial charge in [-0.25, -0.2) is 9.91 Å². The number of imide groups is 1. The molecule has 2 N–H and O–H groups in total. The number of hydrazine groups is 1. The molecule has 1 fully saturated rings. The van der Waals surface area contributed by atoms with Gasteiger partial charge in [0.05, 0.1) is 39.8 Å². The van der Waals surface area contributed by atoms with E-state index in [-0.39, 0.29) is 23.1 Å². The van der Waals surface area contributed by atoms with E-state index in [4.69, 9.17) is 0 Å². The van der Waals surface area contributed by atoms with Crippen molar-refractivity contribution >= 4 is 28.9 Å². The molecule has 0 aromatic heterocycles. The van der Waals surface area contributed by atoms with Crippen molar-refractivity contribution in [3.8, 4) is 0 Å². The van der Waals surface area contributed by atoms with Gasteiger partial charge in [0.15, 0.2) is 0 Å². The lowest BCUT2D eigenvalue weighted by molar-refractivity contribution is -0.384. The van der Waals surface area contributed by atoms with Gasteiger partial charge in [-0.15, -0.1) is 0 Å². The number of benzene rings is 3. The number of aliphatic hydroxyl groups is 1. The first kappa shape index (κ1) is 29.7. The zero-order valence-electron chi connectivity index (χ0n) is 21.6. The van der Waals surface area contributed by atoms with Crippen LogP contribution in [0.2, 0.25) is 0 Å². The number of nitro benzene ring substituents is 1. The molecule has 0 aliphatic carbocycles. The fourth-order valence-corrected chi connectivity index (χ4v) is 5.06. The van der Waals surface area contributed by atoms with Crippen molar-refractivity contribution in [2.45, 2.75) is 30.5 Å². The van der Waals surface area contributed by atoms with Crippen LogP contribution in [-0.4, -0.2) is 38.9 Å². The number of non-ortho nitro benzene ring substituents is 1. The van der Waals surface area contributed by atoms with Crippen LogP contribution in [0, 0.1) is 16.0 Å². The Kier molecular flexibility index (Phi) is 7.48. The maximum atomic E-state index is 13.7. The van der Waals surface area contributed by atoms with Gasteiger partial charge in [0.25, 0.3) is 11.6 Å². The first-order chi connectivity index (χ1) is 20.2.